The Hall–Kier alpha value is -1.13. The molecule has 1 atom stereocenters. The summed E-state index contributed by atoms with van der Waals surface area (Å²) in [5.74, 6) is -0.311. The van der Waals surface area contributed by atoms with Gasteiger partial charge in [0, 0.05) is 31.5 Å². The molecule has 1 saturated heterocycles. The van der Waals surface area contributed by atoms with Gasteiger partial charge in [0.05, 0.1) is 12.2 Å². The Morgan fingerprint density at radius 2 is 2.28 bits per heavy atom. The molecule has 4 heteroatoms. The van der Waals surface area contributed by atoms with E-state index in [0.29, 0.717) is 5.56 Å². The van der Waals surface area contributed by atoms with Gasteiger partial charge in [0.1, 0.15) is 5.82 Å². The third-order valence-electron chi connectivity index (χ3n) is 3.70. The SMILES string of the molecule is COC1(C)CCCN(c2ccc(F)cc2CO)C1. The Kier molecular flexibility index (Phi) is 3.88. The lowest BCUT2D eigenvalue weighted by molar-refractivity contribution is -0.00472. The normalized spacial score (nSPS) is 24.3. The van der Waals surface area contributed by atoms with E-state index in [2.05, 4.69) is 11.8 Å². The van der Waals surface area contributed by atoms with Crippen LogP contribution in [0, 0.1) is 5.82 Å². The molecule has 100 valence electrons. The molecule has 1 heterocycles. The number of anilines is 1. The van der Waals surface area contributed by atoms with Gasteiger partial charge in [-0.1, -0.05) is 0 Å². The first-order valence-electron chi connectivity index (χ1n) is 6.27. The lowest BCUT2D eigenvalue weighted by atomic mass is 9.94. The van der Waals surface area contributed by atoms with E-state index < -0.39 is 0 Å². The summed E-state index contributed by atoms with van der Waals surface area (Å²) in [7, 11) is 1.72. The van der Waals surface area contributed by atoms with Crippen LogP contribution in [0.15, 0.2) is 18.2 Å². The molecule has 0 aliphatic carbocycles. The molecule has 1 N–H and O–H groups in total. The Morgan fingerprint density at radius 1 is 1.50 bits per heavy atom. The highest BCUT2D eigenvalue weighted by molar-refractivity contribution is 5.54. The Morgan fingerprint density at radius 3 is 2.94 bits per heavy atom. The zero-order chi connectivity index (χ0) is 13.2. The molecule has 1 aliphatic heterocycles. The van der Waals surface area contributed by atoms with Crippen LogP contribution < -0.4 is 4.90 Å². The van der Waals surface area contributed by atoms with Crippen LogP contribution in [0.25, 0.3) is 0 Å². The predicted octanol–water partition coefficient (Wildman–Crippen LogP) is 2.32. The fourth-order valence-corrected chi connectivity index (χ4v) is 2.57. The molecule has 1 unspecified atom stereocenters. The number of piperidine rings is 1. The first-order chi connectivity index (χ1) is 8.58. The van der Waals surface area contributed by atoms with Gasteiger partial charge in [0.25, 0.3) is 0 Å². The summed E-state index contributed by atoms with van der Waals surface area (Å²) >= 11 is 0. The van der Waals surface area contributed by atoms with Crippen LogP contribution in [-0.4, -0.2) is 30.9 Å². The summed E-state index contributed by atoms with van der Waals surface area (Å²) in [6.07, 6.45) is 2.06. The minimum absolute atomic E-state index is 0.146. The van der Waals surface area contributed by atoms with E-state index in [1.54, 1.807) is 13.2 Å². The summed E-state index contributed by atoms with van der Waals surface area (Å²) in [5.41, 5.74) is 1.37. The fourth-order valence-electron chi connectivity index (χ4n) is 2.57. The van der Waals surface area contributed by atoms with Crippen molar-refractivity contribution in [1.82, 2.24) is 0 Å². The van der Waals surface area contributed by atoms with Crippen molar-refractivity contribution in [1.29, 1.82) is 0 Å². The molecule has 0 radical (unpaired) electrons. The monoisotopic (exact) mass is 253 g/mol. The van der Waals surface area contributed by atoms with E-state index in [9.17, 15) is 9.50 Å². The molecule has 1 aromatic rings. The molecule has 0 aromatic heterocycles. The van der Waals surface area contributed by atoms with E-state index in [-0.39, 0.29) is 18.0 Å². The molecule has 0 amide bonds. The van der Waals surface area contributed by atoms with Crippen molar-refractivity contribution in [3.05, 3.63) is 29.6 Å². The number of methoxy groups -OCH3 is 1. The number of nitrogens with zero attached hydrogens (tertiary/aromatic N) is 1. The van der Waals surface area contributed by atoms with Crippen molar-refractivity contribution in [3.8, 4) is 0 Å². The van der Waals surface area contributed by atoms with Gasteiger partial charge in [-0.05, 0) is 38.0 Å². The number of ether oxygens (including phenoxy) is 1. The fraction of sp³-hybridized carbons (Fsp3) is 0.571. The van der Waals surface area contributed by atoms with Gasteiger partial charge in [-0.2, -0.15) is 0 Å². The van der Waals surface area contributed by atoms with Gasteiger partial charge in [0.15, 0.2) is 0 Å². The van der Waals surface area contributed by atoms with Crippen LogP contribution in [0.4, 0.5) is 10.1 Å². The Labute approximate surface area is 107 Å². The average molecular weight is 253 g/mol. The maximum Gasteiger partial charge on any atom is 0.123 e. The van der Waals surface area contributed by atoms with Crippen LogP contribution in [0.3, 0.4) is 0 Å². The van der Waals surface area contributed by atoms with Crippen LogP contribution in [-0.2, 0) is 11.3 Å². The van der Waals surface area contributed by atoms with E-state index >= 15 is 0 Å². The van der Waals surface area contributed by atoms with E-state index in [4.69, 9.17) is 4.74 Å². The van der Waals surface area contributed by atoms with Gasteiger partial charge in [-0.3, -0.25) is 0 Å². The van der Waals surface area contributed by atoms with Gasteiger partial charge in [-0.15, -0.1) is 0 Å². The number of benzene rings is 1. The molecule has 1 aromatic carbocycles. The van der Waals surface area contributed by atoms with E-state index in [0.717, 1.165) is 31.6 Å². The molecular weight excluding hydrogens is 233 g/mol. The number of aliphatic hydroxyl groups excluding tert-OH is 1. The van der Waals surface area contributed by atoms with Crippen LogP contribution in [0.5, 0.6) is 0 Å². The summed E-state index contributed by atoms with van der Waals surface area (Å²) < 4.78 is 18.7. The quantitative estimate of drug-likeness (QED) is 0.897. The minimum atomic E-state index is -0.311. The highest BCUT2D eigenvalue weighted by Gasteiger charge is 2.31. The number of aliphatic hydroxyl groups is 1. The van der Waals surface area contributed by atoms with Gasteiger partial charge >= 0.3 is 0 Å². The molecule has 1 fully saturated rings. The molecule has 0 spiro atoms. The topological polar surface area (TPSA) is 32.7 Å². The number of hydrogen-bond acceptors (Lipinski definition) is 3. The predicted molar refractivity (Wildman–Crippen MR) is 69.2 cm³/mol. The highest BCUT2D eigenvalue weighted by atomic mass is 19.1. The molecular formula is C14H20FNO2. The zero-order valence-electron chi connectivity index (χ0n) is 10.9. The van der Waals surface area contributed by atoms with Crippen molar-refractivity contribution in [3.63, 3.8) is 0 Å². The van der Waals surface area contributed by atoms with Crippen LogP contribution in [0.1, 0.15) is 25.3 Å². The molecule has 2 rings (SSSR count). The smallest absolute Gasteiger partial charge is 0.123 e. The maximum atomic E-state index is 13.2. The largest absolute Gasteiger partial charge is 0.392 e. The van der Waals surface area contributed by atoms with Crippen molar-refractivity contribution in [2.45, 2.75) is 32.0 Å². The Bertz CT molecular complexity index is 424. The van der Waals surface area contributed by atoms with Gasteiger partial charge < -0.3 is 14.7 Å². The first kappa shape index (κ1) is 13.3. The third-order valence-corrected chi connectivity index (χ3v) is 3.70. The molecule has 0 bridgehead atoms. The number of halogens is 1. The van der Waals surface area contributed by atoms with Crippen molar-refractivity contribution in [2.24, 2.45) is 0 Å². The van der Waals surface area contributed by atoms with E-state index in [1.165, 1.54) is 12.1 Å². The average Bonchev–Trinajstić information content (AvgIpc) is 2.38. The summed E-state index contributed by atoms with van der Waals surface area (Å²) in [6.45, 7) is 3.62. The van der Waals surface area contributed by atoms with Crippen molar-refractivity contribution < 1.29 is 14.2 Å². The highest BCUT2D eigenvalue weighted by Crippen LogP contribution is 2.30. The van der Waals surface area contributed by atoms with Crippen molar-refractivity contribution >= 4 is 5.69 Å². The number of hydrogen-bond donors (Lipinski definition) is 1. The summed E-state index contributed by atoms with van der Waals surface area (Å²) in [5, 5.41) is 9.34. The van der Waals surface area contributed by atoms with Gasteiger partial charge in [-0.25, -0.2) is 4.39 Å². The second kappa shape index (κ2) is 5.24. The molecule has 1 aliphatic rings. The second-order valence-corrected chi connectivity index (χ2v) is 5.11. The standard InChI is InChI=1S/C14H20FNO2/c1-14(18-2)6-3-7-16(10-14)13-5-4-12(15)8-11(13)9-17/h4-5,8,17H,3,6-7,9-10H2,1-2H3. The first-order valence-corrected chi connectivity index (χ1v) is 6.27. The van der Waals surface area contributed by atoms with Crippen molar-refractivity contribution in [2.75, 3.05) is 25.1 Å². The lowest BCUT2D eigenvalue weighted by Crippen LogP contribution is -2.47. The van der Waals surface area contributed by atoms with Crippen LogP contribution >= 0.6 is 0 Å². The van der Waals surface area contributed by atoms with Crippen LogP contribution in [0.2, 0.25) is 0 Å². The Balaban J connectivity index is 2.25. The molecule has 0 saturated carbocycles. The number of rotatable bonds is 3. The second-order valence-electron chi connectivity index (χ2n) is 5.11. The molecule has 3 nitrogen and oxygen atoms in total. The lowest BCUT2D eigenvalue weighted by Gasteiger charge is -2.41. The van der Waals surface area contributed by atoms with E-state index in [1.807, 2.05) is 0 Å². The zero-order valence-corrected chi connectivity index (χ0v) is 10.9. The molecule has 18 heavy (non-hydrogen) atoms. The maximum absolute atomic E-state index is 13.2. The third kappa shape index (κ3) is 2.65. The minimum Gasteiger partial charge on any atom is -0.392 e. The summed E-state index contributed by atoms with van der Waals surface area (Å²) in [4.78, 5) is 2.16. The van der Waals surface area contributed by atoms with Gasteiger partial charge in [0.2, 0.25) is 0 Å². The summed E-state index contributed by atoms with van der Waals surface area (Å²) in [6, 6.07) is 4.57.